The van der Waals surface area contributed by atoms with Gasteiger partial charge in [0.1, 0.15) is 11.8 Å². The average Bonchev–Trinajstić information content (AvgIpc) is 2.24. The fourth-order valence-electron chi connectivity index (χ4n) is 1.22. The van der Waals surface area contributed by atoms with Crippen molar-refractivity contribution >= 4 is 11.6 Å². The minimum Gasteiger partial charge on any atom is -0.508 e. The summed E-state index contributed by atoms with van der Waals surface area (Å²) < 4.78 is 4.78. The number of nitrogens with one attached hydrogen (secondary N) is 1. The molecular weight excluding hydrogens is 208 g/mol. The molecule has 0 radical (unpaired) electrons. The molecule has 0 saturated heterocycles. The third-order valence-corrected chi connectivity index (χ3v) is 2.15. The lowest BCUT2D eigenvalue weighted by atomic mass is 10.2. The van der Waals surface area contributed by atoms with Crippen molar-refractivity contribution in [1.29, 1.82) is 0 Å². The molecule has 4 N–H and O–H groups in total. The molecular formula is C11H16N2O3. The zero-order valence-electron chi connectivity index (χ0n) is 9.36. The first-order valence-corrected chi connectivity index (χ1v) is 4.89. The first-order chi connectivity index (χ1) is 7.54. The maximum atomic E-state index is 11.5. The van der Waals surface area contributed by atoms with E-state index in [1.807, 2.05) is 0 Å². The molecule has 1 rings (SSSR count). The van der Waals surface area contributed by atoms with Gasteiger partial charge < -0.3 is 20.9 Å². The minimum atomic E-state index is -0.695. The van der Waals surface area contributed by atoms with Crippen LogP contribution in [0.4, 0.5) is 5.69 Å². The van der Waals surface area contributed by atoms with Crippen LogP contribution in [0.2, 0.25) is 0 Å². The molecule has 0 fully saturated rings. The number of hydrogen-bond acceptors (Lipinski definition) is 4. The Balaban J connectivity index is 2.66. The van der Waals surface area contributed by atoms with Crippen LogP contribution in [0.15, 0.2) is 18.2 Å². The summed E-state index contributed by atoms with van der Waals surface area (Å²) in [6.07, 6.45) is 0. The number of benzene rings is 1. The second kappa shape index (κ2) is 5.48. The van der Waals surface area contributed by atoms with E-state index in [9.17, 15) is 9.90 Å². The van der Waals surface area contributed by atoms with Gasteiger partial charge in [0.05, 0.1) is 6.61 Å². The number of carbonyl (C=O) groups is 1. The van der Waals surface area contributed by atoms with Crippen LogP contribution >= 0.6 is 0 Å². The number of aromatic hydroxyl groups is 1. The summed E-state index contributed by atoms with van der Waals surface area (Å²) >= 11 is 0. The Bertz CT molecular complexity index is 379. The van der Waals surface area contributed by atoms with Crippen molar-refractivity contribution in [3.05, 3.63) is 23.8 Å². The SMILES string of the molecule is COCC(N)C(=O)Nc1ccc(O)c(C)c1. The number of phenols is 1. The van der Waals surface area contributed by atoms with Gasteiger partial charge >= 0.3 is 0 Å². The topological polar surface area (TPSA) is 84.6 Å². The van der Waals surface area contributed by atoms with Crippen molar-refractivity contribution < 1.29 is 14.6 Å². The maximum absolute atomic E-state index is 11.5. The zero-order valence-corrected chi connectivity index (χ0v) is 9.36. The highest BCUT2D eigenvalue weighted by atomic mass is 16.5. The molecule has 1 amide bonds. The third-order valence-electron chi connectivity index (χ3n) is 2.15. The molecule has 0 aliphatic carbocycles. The molecule has 5 heteroatoms. The molecule has 88 valence electrons. The van der Waals surface area contributed by atoms with E-state index < -0.39 is 6.04 Å². The number of phenolic OH excluding ortho intramolecular Hbond substituents is 1. The first kappa shape index (κ1) is 12.5. The number of anilines is 1. The Kier molecular flexibility index (Phi) is 4.28. The summed E-state index contributed by atoms with van der Waals surface area (Å²) in [7, 11) is 1.48. The van der Waals surface area contributed by atoms with Crippen LogP contribution in [-0.2, 0) is 9.53 Å². The molecule has 1 aromatic carbocycles. The van der Waals surface area contributed by atoms with Gasteiger partial charge in [0.2, 0.25) is 5.91 Å². The summed E-state index contributed by atoms with van der Waals surface area (Å²) in [5.41, 5.74) is 6.85. The molecule has 0 aliphatic rings. The predicted octanol–water partition coefficient (Wildman–Crippen LogP) is 0.613. The Morgan fingerprint density at radius 3 is 2.88 bits per heavy atom. The van der Waals surface area contributed by atoms with Gasteiger partial charge in [0, 0.05) is 12.8 Å². The highest BCUT2D eigenvalue weighted by molar-refractivity contribution is 5.94. The normalized spacial score (nSPS) is 12.2. The van der Waals surface area contributed by atoms with E-state index in [4.69, 9.17) is 10.5 Å². The number of nitrogens with two attached hydrogens (primary N) is 1. The number of carbonyl (C=O) groups excluding carboxylic acids is 1. The molecule has 5 nitrogen and oxygen atoms in total. The second-order valence-electron chi connectivity index (χ2n) is 3.55. The smallest absolute Gasteiger partial charge is 0.243 e. The molecule has 0 saturated carbocycles. The molecule has 16 heavy (non-hydrogen) atoms. The van der Waals surface area contributed by atoms with Crippen LogP contribution in [-0.4, -0.2) is 30.8 Å². The molecule has 1 aromatic rings. The van der Waals surface area contributed by atoms with Crippen LogP contribution in [0, 0.1) is 6.92 Å². The van der Waals surface area contributed by atoms with E-state index in [2.05, 4.69) is 5.32 Å². The Labute approximate surface area is 94.2 Å². The van der Waals surface area contributed by atoms with E-state index in [1.165, 1.54) is 13.2 Å². The van der Waals surface area contributed by atoms with Crippen molar-refractivity contribution in [2.45, 2.75) is 13.0 Å². The number of methoxy groups -OCH3 is 1. The van der Waals surface area contributed by atoms with E-state index in [0.29, 0.717) is 11.3 Å². The summed E-state index contributed by atoms with van der Waals surface area (Å²) in [5.74, 6) is -0.119. The standard InChI is InChI=1S/C11H16N2O3/c1-7-5-8(3-4-10(7)14)13-11(15)9(12)6-16-2/h3-5,9,14H,6,12H2,1-2H3,(H,13,15). The monoisotopic (exact) mass is 224 g/mol. The van der Waals surface area contributed by atoms with Gasteiger partial charge in [0.15, 0.2) is 0 Å². The van der Waals surface area contributed by atoms with Crippen LogP contribution in [0.5, 0.6) is 5.75 Å². The zero-order chi connectivity index (χ0) is 12.1. The van der Waals surface area contributed by atoms with Crippen molar-refractivity contribution in [3.8, 4) is 5.75 Å². The van der Waals surface area contributed by atoms with Crippen LogP contribution in [0.25, 0.3) is 0 Å². The van der Waals surface area contributed by atoms with E-state index in [-0.39, 0.29) is 18.3 Å². The minimum absolute atomic E-state index is 0.170. The summed E-state index contributed by atoms with van der Waals surface area (Å²) in [5, 5.41) is 12.0. The lowest BCUT2D eigenvalue weighted by Crippen LogP contribution is -2.39. The number of hydrogen-bond donors (Lipinski definition) is 3. The van der Waals surface area contributed by atoms with E-state index >= 15 is 0 Å². The molecule has 0 aromatic heterocycles. The lowest BCUT2D eigenvalue weighted by Gasteiger charge is -2.11. The van der Waals surface area contributed by atoms with Gasteiger partial charge in [-0.05, 0) is 30.7 Å². The molecule has 0 heterocycles. The van der Waals surface area contributed by atoms with Crippen LogP contribution in [0.1, 0.15) is 5.56 Å². The van der Waals surface area contributed by atoms with Gasteiger partial charge in [0.25, 0.3) is 0 Å². The third kappa shape index (κ3) is 3.22. The van der Waals surface area contributed by atoms with Gasteiger partial charge in [-0.15, -0.1) is 0 Å². The van der Waals surface area contributed by atoms with Crippen molar-refractivity contribution in [3.63, 3.8) is 0 Å². The van der Waals surface area contributed by atoms with Crippen molar-refractivity contribution in [1.82, 2.24) is 0 Å². The number of amides is 1. The molecule has 0 aliphatic heterocycles. The fourth-order valence-corrected chi connectivity index (χ4v) is 1.22. The van der Waals surface area contributed by atoms with Gasteiger partial charge in [-0.1, -0.05) is 0 Å². The Morgan fingerprint density at radius 1 is 1.62 bits per heavy atom. The quantitative estimate of drug-likeness (QED) is 0.654. The van der Waals surface area contributed by atoms with Crippen molar-refractivity contribution in [2.75, 3.05) is 19.0 Å². The maximum Gasteiger partial charge on any atom is 0.243 e. The van der Waals surface area contributed by atoms with Crippen LogP contribution < -0.4 is 11.1 Å². The van der Waals surface area contributed by atoms with Crippen molar-refractivity contribution in [2.24, 2.45) is 5.73 Å². The predicted molar refractivity (Wildman–Crippen MR) is 61.3 cm³/mol. The van der Waals surface area contributed by atoms with Gasteiger partial charge in [-0.2, -0.15) is 0 Å². The van der Waals surface area contributed by atoms with E-state index in [1.54, 1.807) is 19.1 Å². The molecule has 0 bridgehead atoms. The Hall–Kier alpha value is -1.59. The highest BCUT2D eigenvalue weighted by Gasteiger charge is 2.13. The number of aryl methyl sites for hydroxylation is 1. The average molecular weight is 224 g/mol. The second-order valence-corrected chi connectivity index (χ2v) is 3.55. The Morgan fingerprint density at radius 2 is 2.31 bits per heavy atom. The van der Waals surface area contributed by atoms with Gasteiger partial charge in [-0.3, -0.25) is 4.79 Å². The van der Waals surface area contributed by atoms with Gasteiger partial charge in [-0.25, -0.2) is 0 Å². The highest BCUT2D eigenvalue weighted by Crippen LogP contribution is 2.20. The summed E-state index contributed by atoms with van der Waals surface area (Å²) in [6.45, 7) is 1.92. The number of rotatable bonds is 4. The largest absolute Gasteiger partial charge is 0.508 e. The molecule has 0 spiro atoms. The lowest BCUT2D eigenvalue weighted by molar-refractivity contribution is -0.118. The van der Waals surface area contributed by atoms with Crippen LogP contribution in [0.3, 0.4) is 0 Å². The summed E-state index contributed by atoms with van der Waals surface area (Å²) in [4.78, 5) is 11.5. The summed E-state index contributed by atoms with van der Waals surface area (Å²) in [6, 6.07) is 4.11. The number of ether oxygens (including phenoxy) is 1. The van der Waals surface area contributed by atoms with E-state index in [0.717, 1.165) is 0 Å². The molecule has 1 atom stereocenters. The fraction of sp³-hybridized carbons (Fsp3) is 0.364. The first-order valence-electron chi connectivity index (χ1n) is 4.89. The molecule has 1 unspecified atom stereocenters.